The van der Waals surface area contributed by atoms with Crippen molar-refractivity contribution in [2.45, 2.75) is 32.3 Å². The minimum atomic E-state index is -1.13. The molecule has 6 nitrogen and oxygen atoms in total. The molecule has 0 radical (unpaired) electrons. The molecule has 170 valence electrons. The zero-order valence-corrected chi connectivity index (χ0v) is 19.2. The van der Waals surface area contributed by atoms with Crippen molar-refractivity contribution < 1.29 is 19.0 Å². The number of carbonyl (C=O) groups excluding carboxylic acids is 1. The van der Waals surface area contributed by atoms with Gasteiger partial charge in [0.2, 0.25) is 0 Å². The van der Waals surface area contributed by atoms with E-state index in [1.807, 2.05) is 30.3 Å². The average Bonchev–Trinajstić information content (AvgIpc) is 3.12. The summed E-state index contributed by atoms with van der Waals surface area (Å²) in [5.41, 5.74) is 9.51. The number of nitrogen functional groups attached to an aromatic ring is 1. The number of esters is 1. The molecule has 0 fully saturated rings. The van der Waals surface area contributed by atoms with Crippen molar-refractivity contribution in [3.8, 4) is 17.2 Å². The molecule has 3 aromatic carbocycles. The second-order valence-corrected chi connectivity index (χ2v) is 8.48. The van der Waals surface area contributed by atoms with Gasteiger partial charge in [-0.05, 0) is 37.1 Å². The normalized spacial score (nSPS) is 17.6. The van der Waals surface area contributed by atoms with Gasteiger partial charge in [0.25, 0.3) is 0 Å². The third-order valence-electron chi connectivity index (χ3n) is 6.40. The number of rotatable bonds is 6. The standard InChI is InChI=1S/C27H28N2O4/c1-4-12-29(13-5-2)17-10-11-20-23(14-17)32-24-16-25(31-3)22(28)15-21(24)27(20)19-9-7-6-8-18(19)26(30)33-27/h6-11,14-16H,4-5,12-13,28H2,1-3H3. The Morgan fingerprint density at radius 1 is 0.939 bits per heavy atom. The van der Waals surface area contributed by atoms with Gasteiger partial charge in [0.05, 0.1) is 18.4 Å². The summed E-state index contributed by atoms with van der Waals surface area (Å²) in [5.74, 6) is 1.38. The maximum Gasteiger partial charge on any atom is 0.340 e. The predicted octanol–water partition coefficient (Wildman–Crippen LogP) is 5.47. The number of hydrogen-bond acceptors (Lipinski definition) is 6. The molecular weight excluding hydrogens is 416 g/mol. The van der Waals surface area contributed by atoms with E-state index in [1.165, 1.54) is 0 Å². The van der Waals surface area contributed by atoms with Crippen LogP contribution in [-0.2, 0) is 10.3 Å². The largest absolute Gasteiger partial charge is 0.494 e. The molecule has 6 heteroatoms. The Hall–Kier alpha value is -3.67. The Morgan fingerprint density at radius 2 is 1.67 bits per heavy atom. The van der Waals surface area contributed by atoms with Crippen molar-refractivity contribution in [3.05, 3.63) is 76.9 Å². The summed E-state index contributed by atoms with van der Waals surface area (Å²) in [6.07, 6.45) is 2.10. The van der Waals surface area contributed by atoms with Crippen LogP contribution in [0.3, 0.4) is 0 Å². The second kappa shape index (κ2) is 8.03. The molecule has 33 heavy (non-hydrogen) atoms. The fraction of sp³-hybridized carbons (Fsp3) is 0.296. The monoisotopic (exact) mass is 444 g/mol. The van der Waals surface area contributed by atoms with Crippen LogP contribution in [0.25, 0.3) is 0 Å². The van der Waals surface area contributed by atoms with Crippen molar-refractivity contribution in [2.24, 2.45) is 0 Å². The maximum absolute atomic E-state index is 13.0. The molecule has 2 N–H and O–H groups in total. The van der Waals surface area contributed by atoms with Crippen LogP contribution < -0.4 is 20.1 Å². The van der Waals surface area contributed by atoms with E-state index < -0.39 is 5.60 Å². The number of carbonyl (C=O) groups is 1. The first-order valence-corrected chi connectivity index (χ1v) is 11.4. The van der Waals surface area contributed by atoms with Crippen LogP contribution in [0.4, 0.5) is 11.4 Å². The highest BCUT2D eigenvalue weighted by molar-refractivity contribution is 5.97. The summed E-state index contributed by atoms with van der Waals surface area (Å²) in [7, 11) is 1.57. The van der Waals surface area contributed by atoms with Crippen LogP contribution in [0.15, 0.2) is 54.6 Å². The van der Waals surface area contributed by atoms with Gasteiger partial charge in [0.15, 0.2) is 5.60 Å². The number of methoxy groups -OCH3 is 1. The first kappa shape index (κ1) is 21.2. The van der Waals surface area contributed by atoms with Gasteiger partial charge in [-0.1, -0.05) is 32.0 Å². The van der Waals surface area contributed by atoms with E-state index in [9.17, 15) is 4.79 Å². The van der Waals surface area contributed by atoms with Crippen LogP contribution in [0, 0.1) is 0 Å². The van der Waals surface area contributed by atoms with E-state index in [4.69, 9.17) is 19.9 Å². The molecule has 3 aromatic rings. The van der Waals surface area contributed by atoms with Crippen LogP contribution in [0.2, 0.25) is 0 Å². The molecule has 0 bridgehead atoms. The summed E-state index contributed by atoms with van der Waals surface area (Å²) in [6, 6.07) is 17.2. The molecule has 0 saturated carbocycles. The zero-order chi connectivity index (χ0) is 23.2. The summed E-state index contributed by atoms with van der Waals surface area (Å²) in [4.78, 5) is 15.3. The van der Waals surface area contributed by atoms with Crippen LogP contribution in [0.5, 0.6) is 17.2 Å². The van der Waals surface area contributed by atoms with Gasteiger partial charge in [0.1, 0.15) is 17.2 Å². The molecule has 2 aliphatic rings. The van der Waals surface area contributed by atoms with Crippen molar-refractivity contribution in [1.29, 1.82) is 0 Å². The minimum absolute atomic E-state index is 0.360. The number of anilines is 2. The number of nitrogens with two attached hydrogens (primary N) is 1. The quantitative estimate of drug-likeness (QED) is 0.401. The van der Waals surface area contributed by atoms with Crippen LogP contribution in [-0.4, -0.2) is 26.2 Å². The van der Waals surface area contributed by atoms with Gasteiger partial charge in [-0.2, -0.15) is 0 Å². The molecule has 1 unspecified atom stereocenters. The zero-order valence-electron chi connectivity index (χ0n) is 19.2. The van der Waals surface area contributed by atoms with Crippen molar-refractivity contribution >= 4 is 17.3 Å². The number of ether oxygens (including phenoxy) is 3. The smallest absolute Gasteiger partial charge is 0.340 e. The first-order valence-electron chi connectivity index (χ1n) is 11.4. The summed E-state index contributed by atoms with van der Waals surface area (Å²) < 4.78 is 18.1. The third-order valence-corrected chi connectivity index (χ3v) is 6.40. The lowest BCUT2D eigenvalue weighted by molar-refractivity contribution is 0.0224. The maximum atomic E-state index is 13.0. The van der Waals surface area contributed by atoms with Crippen LogP contribution in [0.1, 0.15) is 53.7 Å². The van der Waals surface area contributed by atoms with Crippen molar-refractivity contribution in [1.82, 2.24) is 0 Å². The third kappa shape index (κ3) is 3.12. The molecule has 0 amide bonds. The Morgan fingerprint density at radius 3 is 2.39 bits per heavy atom. The Bertz CT molecular complexity index is 1230. The summed E-state index contributed by atoms with van der Waals surface area (Å²) in [5, 5.41) is 0. The van der Waals surface area contributed by atoms with E-state index in [0.29, 0.717) is 34.1 Å². The topological polar surface area (TPSA) is 74.0 Å². The first-order chi connectivity index (χ1) is 16.0. The lowest BCUT2D eigenvalue weighted by Gasteiger charge is -2.37. The van der Waals surface area contributed by atoms with E-state index in [2.05, 4.69) is 24.8 Å². The molecule has 0 aliphatic carbocycles. The number of benzene rings is 3. The number of nitrogens with zero attached hydrogens (tertiary/aromatic N) is 1. The SMILES string of the molecule is CCCN(CCC)c1ccc2c(c1)Oc1cc(OC)c(N)cc1C21OC(=O)c2ccccc21. The Kier molecular flexibility index (Phi) is 5.16. The summed E-state index contributed by atoms with van der Waals surface area (Å²) >= 11 is 0. The van der Waals surface area contributed by atoms with Gasteiger partial charge >= 0.3 is 5.97 Å². The fourth-order valence-corrected chi connectivity index (χ4v) is 4.99. The van der Waals surface area contributed by atoms with E-state index in [0.717, 1.165) is 42.7 Å². The lowest BCUT2D eigenvalue weighted by atomic mass is 9.77. The predicted molar refractivity (Wildman–Crippen MR) is 128 cm³/mol. The Balaban J connectivity index is 1.76. The average molecular weight is 445 g/mol. The lowest BCUT2D eigenvalue weighted by Crippen LogP contribution is -2.33. The van der Waals surface area contributed by atoms with Crippen molar-refractivity contribution in [3.63, 3.8) is 0 Å². The fourth-order valence-electron chi connectivity index (χ4n) is 4.99. The second-order valence-electron chi connectivity index (χ2n) is 8.48. The minimum Gasteiger partial charge on any atom is -0.494 e. The van der Waals surface area contributed by atoms with E-state index in [1.54, 1.807) is 25.3 Å². The molecule has 5 rings (SSSR count). The van der Waals surface area contributed by atoms with Gasteiger partial charge in [-0.25, -0.2) is 4.79 Å². The molecule has 0 aromatic heterocycles. The van der Waals surface area contributed by atoms with Gasteiger partial charge < -0.3 is 24.8 Å². The molecular formula is C27H28N2O4. The van der Waals surface area contributed by atoms with Crippen molar-refractivity contribution in [2.75, 3.05) is 30.8 Å². The number of hydrogen-bond donors (Lipinski definition) is 1. The molecule has 1 atom stereocenters. The number of fused-ring (bicyclic) bond motifs is 6. The van der Waals surface area contributed by atoms with E-state index in [-0.39, 0.29) is 5.97 Å². The van der Waals surface area contributed by atoms with Gasteiger partial charge in [0, 0.05) is 47.6 Å². The highest BCUT2D eigenvalue weighted by Crippen LogP contribution is 2.57. The molecule has 0 saturated heterocycles. The molecule has 1 spiro atoms. The van der Waals surface area contributed by atoms with Gasteiger partial charge in [-0.15, -0.1) is 0 Å². The Labute approximate surface area is 193 Å². The highest BCUT2D eigenvalue weighted by Gasteiger charge is 2.53. The summed E-state index contributed by atoms with van der Waals surface area (Å²) in [6.45, 7) is 6.26. The van der Waals surface area contributed by atoms with Crippen LogP contribution >= 0.6 is 0 Å². The van der Waals surface area contributed by atoms with Gasteiger partial charge in [-0.3, -0.25) is 0 Å². The molecule has 2 aliphatic heterocycles. The molecule has 2 heterocycles. The highest BCUT2D eigenvalue weighted by atomic mass is 16.6. The van der Waals surface area contributed by atoms with E-state index >= 15 is 0 Å².